The average Bonchev–Trinajstić information content (AvgIpc) is 2.38. The minimum absolute atomic E-state index is 0.311. The lowest BCUT2D eigenvalue weighted by Crippen LogP contribution is -2.48. The molecule has 0 spiro atoms. The van der Waals surface area contributed by atoms with Crippen LogP contribution >= 0.6 is 0 Å². The van der Waals surface area contributed by atoms with Crippen molar-refractivity contribution < 1.29 is 4.79 Å². The summed E-state index contributed by atoms with van der Waals surface area (Å²) < 4.78 is 0. The summed E-state index contributed by atoms with van der Waals surface area (Å²) in [6.07, 6.45) is 2.67. The van der Waals surface area contributed by atoms with E-state index in [4.69, 9.17) is 11.0 Å². The highest BCUT2D eigenvalue weighted by Crippen LogP contribution is 2.22. The highest BCUT2D eigenvalue weighted by Gasteiger charge is 2.29. The van der Waals surface area contributed by atoms with Gasteiger partial charge in [-0.2, -0.15) is 5.26 Å². The Kier molecular flexibility index (Phi) is 3.42. The van der Waals surface area contributed by atoms with E-state index < -0.39 is 0 Å². The number of nitriles is 1. The number of primary amides is 1. The summed E-state index contributed by atoms with van der Waals surface area (Å²) in [6, 6.07) is 3.25. The lowest BCUT2D eigenvalue weighted by molar-refractivity contribution is -0.119. The minimum atomic E-state index is -0.368. The molecular formula is C12H15N5O. The SMILES string of the molecule is Cc1cc(C#N)nc(N2CCCCC2C(N)=O)n1. The van der Waals surface area contributed by atoms with Crippen LogP contribution in [0.3, 0.4) is 0 Å². The Hall–Kier alpha value is -2.16. The molecule has 2 heterocycles. The van der Waals surface area contributed by atoms with Crippen LogP contribution in [0.2, 0.25) is 0 Å². The topological polar surface area (TPSA) is 95.9 Å². The number of anilines is 1. The number of carbonyl (C=O) groups is 1. The highest BCUT2D eigenvalue weighted by atomic mass is 16.1. The summed E-state index contributed by atoms with van der Waals surface area (Å²) in [6.45, 7) is 2.50. The second kappa shape index (κ2) is 5.00. The van der Waals surface area contributed by atoms with Crippen molar-refractivity contribution in [1.29, 1.82) is 5.26 Å². The van der Waals surface area contributed by atoms with Gasteiger partial charge >= 0.3 is 0 Å². The summed E-state index contributed by atoms with van der Waals surface area (Å²) in [5, 5.41) is 8.91. The van der Waals surface area contributed by atoms with Gasteiger partial charge in [-0.1, -0.05) is 0 Å². The van der Waals surface area contributed by atoms with E-state index in [1.54, 1.807) is 17.9 Å². The number of hydrogen-bond acceptors (Lipinski definition) is 5. The predicted octanol–water partition coefficient (Wildman–Crippen LogP) is 0.501. The molecule has 1 unspecified atom stereocenters. The lowest BCUT2D eigenvalue weighted by Gasteiger charge is -2.33. The van der Waals surface area contributed by atoms with Crippen molar-refractivity contribution in [3.63, 3.8) is 0 Å². The molecule has 0 saturated carbocycles. The first-order chi connectivity index (χ1) is 8.61. The first kappa shape index (κ1) is 12.3. The van der Waals surface area contributed by atoms with Gasteiger partial charge < -0.3 is 10.6 Å². The van der Waals surface area contributed by atoms with Gasteiger partial charge in [0.05, 0.1) is 0 Å². The van der Waals surface area contributed by atoms with E-state index in [9.17, 15) is 4.79 Å². The van der Waals surface area contributed by atoms with Crippen LogP contribution in [0.1, 0.15) is 30.7 Å². The van der Waals surface area contributed by atoms with Gasteiger partial charge in [-0.05, 0) is 32.3 Å². The van der Waals surface area contributed by atoms with E-state index in [1.807, 2.05) is 6.07 Å². The Balaban J connectivity index is 2.36. The molecule has 2 rings (SSSR count). The molecule has 1 saturated heterocycles. The molecule has 0 radical (unpaired) electrons. The first-order valence-corrected chi connectivity index (χ1v) is 5.93. The zero-order valence-corrected chi connectivity index (χ0v) is 10.3. The molecule has 1 fully saturated rings. The summed E-state index contributed by atoms with van der Waals surface area (Å²) in [5.74, 6) is 0.0633. The third-order valence-corrected chi connectivity index (χ3v) is 3.05. The number of hydrogen-bond donors (Lipinski definition) is 1. The fourth-order valence-corrected chi connectivity index (χ4v) is 2.21. The van der Waals surface area contributed by atoms with Crippen molar-refractivity contribution in [2.75, 3.05) is 11.4 Å². The number of amides is 1. The van der Waals surface area contributed by atoms with Gasteiger partial charge in [0.15, 0.2) is 0 Å². The summed E-state index contributed by atoms with van der Waals surface area (Å²) in [4.78, 5) is 21.7. The largest absolute Gasteiger partial charge is 0.368 e. The van der Waals surface area contributed by atoms with Crippen molar-refractivity contribution >= 4 is 11.9 Å². The number of aromatic nitrogens is 2. The van der Waals surface area contributed by atoms with E-state index in [0.717, 1.165) is 12.8 Å². The Morgan fingerprint density at radius 1 is 1.56 bits per heavy atom. The molecule has 1 aromatic heterocycles. The van der Waals surface area contributed by atoms with Crippen LogP contribution in [0.15, 0.2) is 6.07 Å². The standard InChI is InChI=1S/C12H15N5O/c1-8-6-9(7-13)16-12(15-8)17-5-3-2-4-10(17)11(14)18/h6,10H,2-5H2,1H3,(H2,14,18). The van der Waals surface area contributed by atoms with Crippen molar-refractivity contribution in [3.8, 4) is 6.07 Å². The minimum Gasteiger partial charge on any atom is -0.368 e. The average molecular weight is 245 g/mol. The van der Waals surface area contributed by atoms with Gasteiger partial charge in [-0.25, -0.2) is 9.97 Å². The second-order valence-electron chi connectivity index (χ2n) is 4.41. The van der Waals surface area contributed by atoms with Crippen LogP contribution in [-0.2, 0) is 4.79 Å². The molecule has 2 N–H and O–H groups in total. The molecule has 0 bridgehead atoms. The van der Waals surface area contributed by atoms with Crippen molar-refractivity contribution in [3.05, 3.63) is 17.5 Å². The molecular weight excluding hydrogens is 230 g/mol. The van der Waals surface area contributed by atoms with Crippen LogP contribution in [0.4, 0.5) is 5.95 Å². The maximum atomic E-state index is 11.4. The van der Waals surface area contributed by atoms with Crippen LogP contribution in [0.5, 0.6) is 0 Å². The van der Waals surface area contributed by atoms with Crippen LogP contribution in [-0.4, -0.2) is 28.5 Å². The van der Waals surface area contributed by atoms with E-state index in [1.165, 1.54) is 0 Å². The predicted molar refractivity (Wildman–Crippen MR) is 65.7 cm³/mol. The molecule has 1 amide bonds. The van der Waals surface area contributed by atoms with E-state index in [-0.39, 0.29) is 11.9 Å². The number of nitrogens with zero attached hydrogens (tertiary/aromatic N) is 4. The third kappa shape index (κ3) is 2.40. The maximum Gasteiger partial charge on any atom is 0.240 e. The van der Waals surface area contributed by atoms with E-state index in [0.29, 0.717) is 30.3 Å². The van der Waals surface area contributed by atoms with Gasteiger partial charge in [0.1, 0.15) is 17.8 Å². The molecule has 94 valence electrons. The Labute approximate surface area is 105 Å². The van der Waals surface area contributed by atoms with Gasteiger partial charge in [-0.3, -0.25) is 4.79 Å². The van der Waals surface area contributed by atoms with Crippen LogP contribution in [0.25, 0.3) is 0 Å². The molecule has 1 aromatic rings. The Morgan fingerprint density at radius 3 is 3.00 bits per heavy atom. The zero-order chi connectivity index (χ0) is 13.1. The third-order valence-electron chi connectivity index (χ3n) is 3.05. The first-order valence-electron chi connectivity index (χ1n) is 5.93. The highest BCUT2D eigenvalue weighted by molar-refractivity contribution is 5.83. The molecule has 0 aromatic carbocycles. The number of piperidine rings is 1. The summed E-state index contributed by atoms with van der Waals surface area (Å²) in [5.41, 5.74) is 6.43. The fraction of sp³-hybridized carbons (Fsp3) is 0.500. The Morgan fingerprint density at radius 2 is 2.33 bits per heavy atom. The molecule has 18 heavy (non-hydrogen) atoms. The molecule has 1 aliphatic rings. The Bertz CT molecular complexity index is 508. The van der Waals surface area contributed by atoms with Gasteiger partial charge in [-0.15, -0.1) is 0 Å². The molecule has 6 heteroatoms. The normalized spacial score (nSPS) is 19.3. The molecule has 0 aliphatic carbocycles. The van der Waals surface area contributed by atoms with Crippen molar-refractivity contribution in [2.45, 2.75) is 32.2 Å². The summed E-state index contributed by atoms with van der Waals surface area (Å²) >= 11 is 0. The van der Waals surface area contributed by atoms with Gasteiger partial charge in [0.25, 0.3) is 0 Å². The lowest BCUT2D eigenvalue weighted by atomic mass is 10.0. The number of rotatable bonds is 2. The van der Waals surface area contributed by atoms with Crippen LogP contribution in [0, 0.1) is 18.3 Å². The smallest absolute Gasteiger partial charge is 0.240 e. The van der Waals surface area contributed by atoms with Crippen LogP contribution < -0.4 is 10.6 Å². The maximum absolute atomic E-state index is 11.4. The van der Waals surface area contributed by atoms with E-state index >= 15 is 0 Å². The number of aryl methyl sites for hydroxylation is 1. The van der Waals surface area contributed by atoms with Gasteiger partial charge in [0, 0.05) is 12.2 Å². The molecule has 1 aliphatic heterocycles. The fourth-order valence-electron chi connectivity index (χ4n) is 2.21. The molecule has 1 atom stereocenters. The number of carbonyl (C=O) groups excluding carboxylic acids is 1. The zero-order valence-electron chi connectivity index (χ0n) is 10.3. The van der Waals surface area contributed by atoms with Crippen molar-refractivity contribution in [1.82, 2.24) is 9.97 Å². The van der Waals surface area contributed by atoms with E-state index in [2.05, 4.69) is 9.97 Å². The van der Waals surface area contributed by atoms with Crippen molar-refractivity contribution in [2.24, 2.45) is 5.73 Å². The second-order valence-corrected chi connectivity index (χ2v) is 4.41. The monoisotopic (exact) mass is 245 g/mol. The number of nitrogens with two attached hydrogens (primary N) is 1. The summed E-state index contributed by atoms with van der Waals surface area (Å²) in [7, 11) is 0. The quantitative estimate of drug-likeness (QED) is 0.818. The molecule has 6 nitrogen and oxygen atoms in total. The van der Waals surface area contributed by atoms with Gasteiger partial charge in [0.2, 0.25) is 11.9 Å².